The van der Waals surface area contributed by atoms with E-state index in [0.29, 0.717) is 30.9 Å². The predicted molar refractivity (Wildman–Crippen MR) is 161 cm³/mol. The molecular formula is C32H29ClN2O5S. The lowest BCUT2D eigenvalue weighted by atomic mass is 10.1. The maximum Gasteiger partial charge on any atom is 0.281 e. The first-order valence-electron chi connectivity index (χ1n) is 13.1. The lowest BCUT2D eigenvalue weighted by molar-refractivity contribution is 0.0976. The maximum atomic E-state index is 13.3. The number of carbonyl (C=O) groups excluding carboxylic acids is 1. The summed E-state index contributed by atoms with van der Waals surface area (Å²) in [7, 11) is -4.13. The number of sulfonamides is 1. The quantitative estimate of drug-likeness (QED) is 0.166. The number of ether oxygens (including phenoxy) is 2. The molecule has 9 heteroatoms. The van der Waals surface area contributed by atoms with E-state index in [2.05, 4.69) is 9.71 Å². The minimum Gasteiger partial charge on any atom is -0.494 e. The molecule has 1 amide bonds. The van der Waals surface area contributed by atoms with Crippen LogP contribution in [0.4, 0.5) is 0 Å². The molecule has 0 aliphatic carbocycles. The molecule has 4 aromatic carbocycles. The second-order valence-corrected chi connectivity index (χ2v) is 11.7. The molecule has 0 saturated carbocycles. The van der Waals surface area contributed by atoms with Crippen LogP contribution in [0.5, 0.6) is 17.2 Å². The topological polar surface area (TPSA) is 97.5 Å². The van der Waals surface area contributed by atoms with E-state index in [-0.39, 0.29) is 10.6 Å². The Morgan fingerprint density at radius 2 is 1.49 bits per heavy atom. The molecule has 2 N–H and O–H groups in total. The highest BCUT2D eigenvalue weighted by Crippen LogP contribution is 2.28. The summed E-state index contributed by atoms with van der Waals surface area (Å²) in [5, 5.41) is 1.58. The molecule has 1 aromatic heterocycles. The molecule has 210 valence electrons. The maximum absolute atomic E-state index is 13.3. The van der Waals surface area contributed by atoms with E-state index in [0.717, 1.165) is 38.4 Å². The Morgan fingerprint density at radius 1 is 0.854 bits per heavy atom. The van der Waals surface area contributed by atoms with Crippen LogP contribution in [-0.2, 0) is 16.4 Å². The number of halogens is 1. The number of amides is 1. The Hall–Kier alpha value is -4.27. The van der Waals surface area contributed by atoms with Crippen LogP contribution in [0.25, 0.3) is 10.9 Å². The van der Waals surface area contributed by atoms with Crippen molar-refractivity contribution in [2.24, 2.45) is 0 Å². The molecule has 5 aromatic rings. The summed E-state index contributed by atoms with van der Waals surface area (Å²) in [5.74, 6) is 1.11. The zero-order chi connectivity index (χ0) is 29.0. The third-order valence-corrected chi connectivity index (χ3v) is 8.57. The van der Waals surface area contributed by atoms with Crippen molar-refractivity contribution < 1.29 is 22.7 Å². The van der Waals surface area contributed by atoms with Gasteiger partial charge in [0.25, 0.3) is 15.9 Å². The second kappa shape index (κ2) is 12.1. The number of rotatable bonds is 10. The van der Waals surface area contributed by atoms with Crippen LogP contribution < -0.4 is 14.2 Å². The number of fused-ring (bicyclic) bond motifs is 1. The summed E-state index contributed by atoms with van der Waals surface area (Å²) < 4.78 is 40.1. The van der Waals surface area contributed by atoms with Gasteiger partial charge in [0.05, 0.1) is 11.5 Å². The Bertz CT molecular complexity index is 1780. The summed E-state index contributed by atoms with van der Waals surface area (Å²) in [4.78, 5) is 16.4. The normalized spacial score (nSPS) is 11.4. The SMILES string of the molecule is Cc1cc(OCCCc2c(C(=O)NS(=O)(=O)c3ccc(Oc4ccccc4)cc3)[nH]c3ccccc23)cc(C)c1Cl. The van der Waals surface area contributed by atoms with Crippen LogP contribution in [-0.4, -0.2) is 25.9 Å². The van der Waals surface area contributed by atoms with Gasteiger partial charge in [-0.3, -0.25) is 4.79 Å². The average Bonchev–Trinajstić information content (AvgIpc) is 3.33. The first-order valence-corrected chi connectivity index (χ1v) is 15.0. The minimum absolute atomic E-state index is 0.0501. The van der Waals surface area contributed by atoms with E-state index in [1.807, 2.05) is 68.4 Å². The molecule has 0 aliphatic rings. The van der Waals surface area contributed by atoms with Gasteiger partial charge in [0.15, 0.2) is 0 Å². The van der Waals surface area contributed by atoms with E-state index in [1.54, 1.807) is 24.3 Å². The summed E-state index contributed by atoms with van der Waals surface area (Å²) in [6.07, 6.45) is 1.11. The van der Waals surface area contributed by atoms with Gasteiger partial charge >= 0.3 is 0 Å². The summed E-state index contributed by atoms with van der Waals surface area (Å²) in [5.41, 5.74) is 3.56. The summed E-state index contributed by atoms with van der Waals surface area (Å²) in [6.45, 7) is 4.27. The van der Waals surface area contributed by atoms with Gasteiger partial charge in [0.2, 0.25) is 0 Å². The van der Waals surface area contributed by atoms with Crippen LogP contribution in [0, 0.1) is 13.8 Å². The highest BCUT2D eigenvalue weighted by atomic mass is 35.5. The Morgan fingerprint density at radius 3 is 2.20 bits per heavy atom. The lowest BCUT2D eigenvalue weighted by Crippen LogP contribution is -2.31. The van der Waals surface area contributed by atoms with Crippen molar-refractivity contribution in [3.63, 3.8) is 0 Å². The van der Waals surface area contributed by atoms with Crippen LogP contribution in [0.1, 0.15) is 33.6 Å². The van der Waals surface area contributed by atoms with E-state index in [1.165, 1.54) is 12.1 Å². The van der Waals surface area contributed by atoms with E-state index in [4.69, 9.17) is 21.1 Å². The fourth-order valence-corrected chi connectivity index (χ4v) is 5.69. The number of hydrogen-bond acceptors (Lipinski definition) is 5. The lowest BCUT2D eigenvalue weighted by Gasteiger charge is -2.11. The van der Waals surface area contributed by atoms with Crippen molar-refractivity contribution in [1.82, 2.24) is 9.71 Å². The van der Waals surface area contributed by atoms with Crippen molar-refractivity contribution in [2.45, 2.75) is 31.6 Å². The molecule has 0 unspecified atom stereocenters. The number of aromatic nitrogens is 1. The van der Waals surface area contributed by atoms with E-state index < -0.39 is 15.9 Å². The van der Waals surface area contributed by atoms with Crippen molar-refractivity contribution in [1.29, 1.82) is 0 Å². The van der Waals surface area contributed by atoms with Gasteiger partial charge in [-0.05, 0) is 98.0 Å². The molecule has 41 heavy (non-hydrogen) atoms. The van der Waals surface area contributed by atoms with Crippen molar-refractivity contribution in [3.8, 4) is 17.2 Å². The first-order chi connectivity index (χ1) is 19.7. The van der Waals surface area contributed by atoms with Crippen LogP contribution >= 0.6 is 11.6 Å². The van der Waals surface area contributed by atoms with Gasteiger partial charge in [0.1, 0.15) is 22.9 Å². The van der Waals surface area contributed by atoms with Gasteiger partial charge in [-0.15, -0.1) is 0 Å². The molecule has 0 bridgehead atoms. The van der Waals surface area contributed by atoms with Gasteiger partial charge in [-0.1, -0.05) is 48.0 Å². The highest BCUT2D eigenvalue weighted by molar-refractivity contribution is 7.90. The fraction of sp³-hybridized carbons (Fsp3) is 0.156. The molecule has 0 radical (unpaired) electrons. The molecule has 0 aliphatic heterocycles. The Kier molecular flexibility index (Phi) is 8.33. The zero-order valence-electron chi connectivity index (χ0n) is 22.6. The standard InChI is InChI=1S/C32H29ClN2O5S/c1-21-19-25(20-22(2)30(21)33)39-18-8-12-28-27-11-6-7-13-29(27)34-31(28)32(36)35-41(37,38)26-16-14-24(15-17-26)40-23-9-4-3-5-10-23/h3-7,9-11,13-17,19-20,34H,8,12,18H2,1-2H3,(H,35,36). The number of hydrogen-bond donors (Lipinski definition) is 2. The number of carbonyl (C=O) groups is 1. The molecular weight excluding hydrogens is 560 g/mol. The average molecular weight is 589 g/mol. The van der Waals surface area contributed by atoms with Gasteiger partial charge in [-0.25, -0.2) is 13.1 Å². The van der Waals surface area contributed by atoms with Crippen LogP contribution in [0.15, 0.2) is 95.9 Å². The molecule has 7 nitrogen and oxygen atoms in total. The molecule has 0 fully saturated rings. The zero-order valence-corrected chi connectivity index (χ0v) is 24.2. The monoisotopic (exact) mass is 588 g/mol. The van der Waals surface area contributed by atoms with Gasteiger partial charge in [0, 0.05) is 15.9 Å². The largest absolute Gasteiger partial charge is 0.494 e. The number of benzene rings is 4. The number of H-pyrrole nitrogens is 1. The van der Waals surface area contributed by atoms with Crippen LogP contribution in [0.2, 0.25) is 5.02 Å². The highest BCUT2D eigenvalue weighted by Gasteiger charge is 2.23. The number of nitrogens with one attached hydrogen (secondary N) is 2. The first kappa shape index (κ1) is 28.3. The van der Waals surface area contributed by atoms with Gasteiger partial charge in [-0.2, -0.15) is 0 Å². The van der Waals surface area contributed by atoms with E-state index >= 15 is 0 Å². The molecule has 0 atom stereocenters. The molecule has 0 spiro atoms. The van der Waals surface area contributed by atoms with Crippen molar-refractivity contribution in [3.05, 3.63) is 118 Å². The van der Waals surface area contributed by atoms with Crippen molar-refractivity contribution >= 4 is 38.4 Å². The van der Waals surface area contributed by atoms with Crippen LogP contribution in [0.3, 0.4) is 0 Å². The molecule has 0 saturated heterocycles. The number of aryl methyl sites for hydroxylation is 3. The second-order valence-electron chi connectivity index (χ2n) is 9.67. The Balaban J connectivity index is 1.29. The van der Waals surface area contributed by atoms with Crippen molar-refractivity contribution in [2.75, 3.05) is 6.61 Å². The number of para-hydroxylation sites is 2. The minimum atomic E-state index is -4.13. The smallest absolute Gasteiger partial charge is 0.281 e. The number of aromatic amines is 1. The predicted octanol–water partition coefficient (Wildman–Crippen LogP) is 7.36. The summed E-state index contributed by atoms with van der Waals surface area (Å²) in [6, 6.07) is 26.3. The third-order valence-electron chi connectivity index (χ3n) is 6.63. The summed E-state index contributed by atoms with van der Waals surface area (Å²) >= 11 is 6.26. The Labute approximate surface area is 244 Å². The van der Waals surface area contributed by atoms with Gasteiger partial charge < -0.3 is 14.5 Å². The molecule has 1 heterocycles. The molecule has 5 rings (SSSR count). The fourth-order valence-electron chi connectivity index (χ4n) is 4.63. The van der Waals surface area contributed by atoms with E-state index in [9.17, 15) is 13.2 Å². The third kappa shape index (κ3) is 6.56.